The Labute approximate surface area is 213 Å². The van der Waals surface area contributed by atoms with Gasteiger partial charge >= 0.3 is 0 Å². The van der Waals surface area contributed by atoms with Crippen LogP contribution in [0.25, 0.3) is 5.76 Å². The van der Waals surface area contributed by atoms with Crippen LogP contribution < -0.4 is 9.80 Å². The van der Waals surface area contributed by atoms with Crippen LogP contribution in [0.5, 0.6) is 0 Å². The Morgan fingerprint density at radius 1 is 0.806 bits per heavy atom. The van der Waals surface area contributed by atoms with Crippen molar-refractivity contribution in [3.8, 4) is 0 Å². The number of aryl methyl sites for hydroxylation is 4. The molecule has 0 spiro atoms. The molecule has 1 unspecified atom stereocenters. The lowest BCUT2D eigenvalue weighted by molar-refractivity contribution is -0.132. The van der Waals surface area contributed by atoms with E-state index in [9.17, 15) is 14.7 Å². The fourth-order valence-electron chi connectivity index (χ4n) is 4.79. The first-order chi connectivity index (χ1) is 17.2. The molecule has 0 radical (unpaired) electrons. The Hall–Kier alpha value is -3.86. The van der Waals surface area contributed by atoms with Crippen LogP contribution in [-0.2, 0) is 9.59 Å². The number of benzene rings is 3. The fraction of sp³-hybridized carbons (Fsp3) is 0.290. The van der Waals surface area contributed by atoms with E-state index >= 15 is 0 Å². The van der Waals surface area contributed by atoms with Crippen molar-refractivity contribution in [1.29, 1.82) is 0 Å². The summed E-state index contributed by atoms with van der Waals surface area (Å²) in [6.45, 7) is 13.9. The summed E-state index contributed by atoms with van der Waals surface area (Å²) < 4.78 is 0. The molecule has 4 rings (SSSR count). The highest BCUT2D eigenvalue weighted by Gasteiger charge is 2.47. The summed E-state index contributed by atoms with van der Waals surface area (Å²) in [5.74, 6) is -1.47. The van der Waals surface area contributed by atoms with Crippen LogP contribution in [0.4, 0.5) is 11.4 Å². The van der Waals surface area contributed by atoms with Crippen LogP contribution in [0, 0.1) is 27.7 Å². The van der Waals surface area contributed by atoms with E-state index in [1.165, 1.54) is 4.90 Å². The van der Waals surface area contributed by atoms with Gasteiger partial charge in [0.15, 0.2) is 0 Å². The number of hydrogen-bond acceptors (Lipinski definition) is 4. The van der Waals surface area contributed by atoms with Crippen molar-refractivity contribution in [2.45, 2.75) is 47.6 Å². The summed E-state index contributed by atoms with van der Waals surface area (Å²) in [6, 6.07) is 18.5. The molecule has 1 fully saturated rings. The van der Waals surface area contributed by atoms with Crippen molar-refractivity contribution >= 4 is 28.8 Å². The first-order valence-corrected chi connectivity index (χ1v) is 12.5. The molecule has 0 bridgehead atoms. The smallest absolute Gasteiger partial charge is 0.300 e. The number of carbonyl (C=O) groups excluding carboxylic acids is 2. The van der Waals surface area contributed by atoms with Gasteiger partial charge in [0.25, 0.3) is 11.7 Å². The fourth-order valence-corrected chi connectivity index (χ4v) is 4.79. The molecule has 1 atom stereocenters. The Bertz CT molecular complexity index is 1350. The number of aliphatic hydroxyl groups excluding tert-OH is 1. The minimum absolute atomic E-state index is 0.108. The van der Waals surface area contributed by atoms with Gasteiger partial charge in [-0.2, -0.15) is 0 Å². The first kappa shape index (κ1) is 25.2. The van der Waals surface area contributed by atoms with E-state index in [4.69, 9.17) is 0 Å². The van der Waals surface area contributed by atoms with Crippen LogP contribution in [0.1, 0.15) is 53.3 Å². The zero-order valence-electron chi connectivity index (χ0n) is 21.9. The number of hydrogen-bond donors (Lipinski definition) is 1. The van der Waals surface area contributed by atoms with E-state index in [1.54, 1.807) is 6.07 Å². The zero-order chi connectivity index (χ0) is 26.1. The maximum Gasteiger partial charge on any atom is 0.300 e. The maximum absolute atomic E-state index is 13.4. The van der Waals surface area contributed by atoms with Crippen molar-refractivity contribution in [3.05, 3.63) is 99.6 Å². The molecule has 3 aromatic rings. The third-order valence-electron chi connectivity index (χ3n) is 7.33. The molecule has 1 saturated heterocycles. The molecule has 5 nitrogen and oxygen atoms in total. The summed E-state index contributed by atoms with van der Waals surface area (Å²) in [7, 11) is 0. The molecule has 1 heterocycles. The summed E-state index contributed by atoms with van der Waals surface area (Å²) in [4.78, 5) is 30.6. The standard InChI is InChI=1S/C31H34N2O3/c1-7-32(8-2)25-15-12-23(13-16-25)28-27(29(34)24-11-9-19(3)21(5)17-24)30(35)31(36)33(28)26-14-10-20(4)22(6)18-26/h9-18,28,34H,7-8H2,1-6H3/b29-27+. The second kappa shape index (κ2) is 10.0. The predicted octanol–water partition coefficient (Wildman–Crippen LogP) is 6.39. The summed E-state index contributed by atoms with van der Waals surface area (Å²) in [6.07, 6.45) is 0. The van der Waals surface area contributed by atoms with Crippen molar-refractivity contribution < 1.29 is 14.7 Å². The average Bonchev–Trinajstić information content (AvgIpc) is 3.13. The average molecular weight is 483 g/mol. The highest BCUT2D eigenvalue weighted by molar-refractivity contribution is 6.51. The number of nitrogens with zero attached hydrogens (tertiary/aromatic N) is 2. The van der Waals surface area contributed by atoms with Crippen LogP contribution in [-0.4, -0.2) is 29.9 Å². The Morgan fingerprint density at radius 3 is 1.94 bits per heavy atom. The highest BCUT2D eigenvalue weighted by Crippen LogP contribution is 2.43. The molecular weight excluding hydrogens is 448 g/mol. The van der Waals surface area contributed by atoms with Gasteiger partial charge in [-0.1, -0.05) is 30.3 Å². The Morgan fingerprint density at radius 2 is 1.39 bits per heavy atom. The number of anilines is 2. The summed E-state index contributed by atoms with van der Waals surface area (Å²) in [5.41, 5.74) is 7.34. The van der Waals surface area contributed by atoms with Crippen LogP contribution in [0.3, 0.4) is 0 Å². The molecule has 1 N–H and O–H groups in total. The number of amides is 1. The predicted molar refractivity (Wildman–Crippen MR) is 147 cm³/mol. The molecule has 1 aliphatic heterocycles. The van der Waals surface area contributed by atoms with Gasteiger partial charge in [0, 0.05) is 30.0 Å². The molecule has 186 valence electrons. The van der Waals surface area contributed by atoms with Gasteiger partial charge in [-0.15, -0.1) is 0 Å². The molecule has 36 heavy (non-hydrogen) atoms. The van der Waals surface area contributed by atoms with Gasteiger partial charge < -0.3 is 10.0 Å². The molecule has 0 aromatic heterocycles. The number of Topliss-reactive ketones (excluding diaryl/α,β-unsaturated/α-hetero) is 1. The van der Waals surface area contributed by atoms with Crippen molar-refractivity contribution in [2.24, 2.45) is 0 Å². The number of carbonyl (C=O) groups is 2. The van der Waals surface area contributed by atoms with E-state index < -0.39 is 17.7 Å². The third-order valence-corrected chi connectivity index (χ3v) is 7.33. The second-order valence-electron chi connectivity index (χ2n) is 9.50. The number of rotatable bonds is 6. The SMILES string of the molecule is CCN(CC)c1ccc(C2/C(=C(\O)c3ccc(C)c(C)c3)C(=O)C(=O)N2c2ccc(C)c(C)c2)cc1. The van der Waals surface area contributed by atoms with Gasteiger partial charge in [-0.3, -0.25) is 14.5 Å². The van der Waals surface area contributed by atoms with Crippen LogP contribution in [0.15, 0.2) is 66.2 Å². The van der Waals surface area contributed by atoms with Crippen LogP contribution in [0.2, 0.25) is 0 Å². The molecule has 1 amide bonds. The number of aliphatic hydroxyl groups is 1. The molecule has 3 aromatic carbocycles. The largest absolute Gasteiger partial charge is 0.507 e. The minimum atomic E-state index is -0.737. The van der Waals surface area contributed by atoms with E-state index in [1.807, 2.05) is 82.3 Å². The first-order valence-electron chi connectivity index (χ1n) is 12.5. The van der Waals surface area contributed by atoms with E-state index in [0.29, 0.717) is 11.3 Å². The topological polar surface area (TPSA) is 60.9 Å². The zero-order valence-corrected chi connectivity index (χ0v) is 21.9. The van der Waals surface area contributed by atoms with Crippen molar-refractivity contribution in [3.63, 3.8) is 0 Å². The van der Waals surface area contributed by atoms with Gasteiger partial charge in [-0.25, -0.2) is 0 Å². The maximum atomic E-state index is 13.4. The summed E-state index contributed by atoms with van der Waals surface area (Å²) in [5, 5.41) is 11.4. The monoisotopic (exact) mass is 482 g/mol. The van der Waals surface area contributed by atoms with Gasteiger partial charge in [-0.05, 0) is 99.7 Å². The van der Waals surface area contributed by atoms with E-state index in [0.717, 1.165) is 46.6 Å². The van der Waals surface area contributed by atoms with Crippen molar-refractivity contribution in [1.82, 2.24) is 0 Å². The summed E-state index contributed by atoms with van der Waals surface area (Å²) >= 11 is 0. The lowest BCUT2D eigenvalue weighted by Gasteiger charge is -2.27. The van der Waals surface area contributed by atoms with E-state index in [-0.39, 0.29) is 11.3 Å². The Balaban J connectivity index is 1.92. The molecule has 1 aliphatic rings. The normalized spacial score (nSPS) is 17.1. The third kappa shape index (κ3) is 4.41. The molecule has 0 saturated carbocycles. The molecule has 5 heteroatoms. The minimum Gasteiger partial charge on any atom is -0.507 e. The van der Waals surface area contributed by atoms with Crippen molar-refractivity contribution in [2.75, 3.05) is 22.9 Å². The molecule has 0 aliphatic carbocycles. The second-order valence-corrected chi connectivity index (χ2v) is 9.50. The Kier molecular flexibility index (Phi) is 7.02. The number of ketones is 1. The highest BCUT2D eigenvalue weighted by atomic mass is 16.3. The van der Waals surface area contributed by atoms with Gasteiger partial charge in [0.2, 0.25) is 0 Å². The quantitative estimate of drug-likeness (QED) is 0.251. The lowest BCUT2D eigenvalue weighted by atomic mass is 9.94. The van der Waals surface area contributed by atoms with E-state index in [2.05, 4.69) is 18.7 Å². The van der Waals surface area contributed by atoms with Gasteiger partial charge in [0.05, 0.1) is 11.6 Å². The molecular formula is C31H34N2O3. The van der Waals surface area contributed by atoms with Gasteiger partial charge in [0.1, 0.15) is 5.76 Å². The lowest BCUT2D eigenvalue weighted by Crippen LogP contribution is -2.29. The van der Waals surface area contributed by atoms with Crippen LogP contribution >= 0.6 is 0 Å².